The van der Waals surface area contributed by atoms with Crippen molar-refractivity contribution in [3.63, 3.8) is 0 Å². The fourth-order valence-corrected chi connectivity index (χ4v) is 3.33. The Morgan fingerprint density at radius 2 is 1.75 bits per heavy atom. The van der Waals surface area contributed by atoms with Gasteiger partial charge in [0.05, 0.1) is 17.6 Å². The summed E-state index contributed by atoms with van der Waals surface area (Å²) in [5.74, 6) is -3.60. The maximum Gasteiger partial charge on any atom is 0.296 e. The quantitative estimate of drug-likeness (QED) is 0.411. The van der Waals surface area contributed by atoms with Crippen molar-refractivity contribution in [2.75, 3.05) is 14.2 Å². The van der Waals surface area contributed by atoms with Gasteiger partial charge in [-0.05, 0) is 18.2 Å². The van der Waals surface area contributed by atoms with E-state index in [-0.39, 0.29) is 11.3 Å². The van der Waals surface area contributed by atoms with Crippen molar-refractivity contribution >= 4 is 15.9 Å². The Balaban J connectivity index is 2.62. The number of allylic oxidation sites excluding steroid dienone is 2. The predicted octanol–water partition coefficient (Wildman–Crippen LogP) is 1.55. The van der Waals surface area contributed by atoms with Gasteiger partial charge in [0.1, 0.15) is 16.4 Å². The summed E-state index contributed by atoms with van der Waals surface area (Å²) in [6, 6.07) is 5.58. The molecule has 0 radical (unpaired) electrons. The molecule has 2 rings (SSSR count). The number of para-hydroxylation sites is 1. The lowest BCUT2D eigenvalue weighted by atomic mass is 9.93. The first-order valence-corrected chi connectivity index (χ1v) is 8.15. The molecular formula is C15H16O8S. The standard InChI is InChI=1S/C15H16O8S/c1-22-15(23-2)8-12(17)10(7-13(15)24(19,20)21)14(18)9-5-3-4-6-11(9)16/h3-7,16-17H,8H2,1-2H3,(H,19,20,21). The summed E-state index contributed by atoms with van der Waals surface area (Å²) < 4.78 is 42.8. The minimum Gasteiger partial charge on any atom is -0.511 e. The number of aromatic hydroxyl groups is 1. The van der Waals surface area contributed by atoms with Crippen molar-refractivity contribution in [3.8, 4) is 5.75 Å². The van der Waals surface area contributed by atoms with E-state index in [0.717, 1.165) is 20.3 Å². The third kappa shape index (κ3) is 3.06. The first-order chi connectivity index (χ1) is 11.2. The van der Waals surface area contributed by atoms with Crippen molar-refractivity contribution in [2.24, 2.45) is 0 Å². The van der Waals surface area contributed by atoms with E-state index in [9.17, 15) is 28.0 Å². The molecule has 8 nitrogen and oxygen atoms in total. The minimum absolute atomic E-state index is 0.132. The van der Waals surface area contributed by atoms with Crippen LogP contribution >= 0.6 is 0 Å². The highest BCUT2D eigenvalue weighted by atomic mass is 32.2. The second-order valence-electron chi connectivity index (χ2n) is 5.03. The van der Waals surface area contributed by atoms with Gasteiger partial charge in [0, 0.05) is 14.2 Å². The summed E-state index contributed by atoms with van der Waals surface area (Å²) in [6.07, 6.45) is 0.260. The van der Waals surface area contributed by atoms with E-state index in [0.29, 0.717) is 0 Å². The molecular weight excluding hydrogens is 340 g/mol. The molecule has 1 aliphatic carbocycles. The molecule has 1 aromatic carbocycles. The SMILES string of the molecule is COC1(OC)CC(O)=C(C(=O)c2ccccc2O)C=C1S(=O)(=O)O. The van der Waals surface area contributed by atoms with Crippen molar-refractivity contribution in [3.05, 3.63) is 52.1 Å². The van der Waals surface area contributed by atoms with Crippen molar-refractivity contribution in [1.82, 2.24) is 0 Å². The van der Waals surface area contributed by atoms with Crippen LogP contribution < -0.4 is 0 Å². The van der Waals surface area contributed by atoms with Crippen LogP contribution in [0.2, 0.25) is 0 Å². The summed E-state index contributed by atoms with van der Waals surface area (Å²) in [5.41, 5.74) is -0.527. The summed E-state index contributed by atoms with van der Waals surface area (Å²) in [7, 11) is -2.53. The van der Waals surface area contributed by atoms with Gasteiger partial charge in [-0.3, -0.25) is 9.35 Å². The molecule has 24 heavy (non-hydrogen) atoms. The van der Waals surface area contributed by atoms with Crippen molar-refractivity contribution < 1.29 is 37.5 Å². The van der Waals surface area contributed by atoms with Gasteiger partial charge < -0.3 is 19.7 Å². The van der Waals surface area contributed by atoms with E-state index in [2.05, 4.69) is 0 Å². The third-order valence-corrected chi connectivity index (χ3v) is 4.68. The highest BCUT2D eigenvalue weighted by Gasteiger charge is 2.46. The molecule has 1 aromatic rings. The Labute approximate surface area is 138 Å². The van der Waals surface area contributed by atoms with Gasteiger partial charge in [-0.25, -0.2) is 0 Å². The summed E-state index contributed by atoms with van der Waals surface area (Å²) >= 11 is 0. The molecule has 0 spiro atoms. The lowest BCUT2D eigenvalue weighted by molar-refractivity contribution is -0.177. The molecule has 0 aliphatic heterocycles. The lowest BCUT2D eigenvalue weighted by Gasteiger charge is -2.34. The Morgan fingerprint density at radius 1 is 1.17 bits per heavy atom. The molecule has 9 heteroatoms. The topological polar surface area (TPSA) is 130 Å². The minimum atomic E-state index is -4.79. The predicted molar refractivity (Wildman–Crippen MR) is 83.1 cm³/mol. The molecule has 0 aromatic heterocycles. The number of phenolic OH excluding ortho intramolecular Hbond substituents is 1. The monoisotopic (exact) mass is 356 g/mol. The summed E-state index contributed by atoms with van der Waals surface area (Å²) in [4.78, 5) is 11.8. The van der Waals surface area contributed by atoms with Crippen LogP contribution in [0.25, 0.3) is 0 Å². The maximum absolute atomic E-state index is 12.5. The largest absolute Gasteiger partial charge is 0.511 e. The number of phenols is 1. The number of carbonyl (C=O) groups is 1. The second kappa shape index (κ2) is 6.36. The Morgan fingerprint density at radius 3 is 2.25 bits per heavy atom. The van der Waals surface area contributed by atoms with Gasteiger partial charge >= 0.3 is 0 Å². The number of hydrogen-bond acceptors (Lipinski definition) is 7. The fraction of sp³-hybridized carbons (Fsp3) is 0.267. The number of rotatable bonds is 5. The van der Waals surface area contributed by atoms with E-state index in [1.165, 1.54) is 24.3 Å². The average Bonchev–Trinajstić information content (AvgIpc) is 2.53. The van der Waals surface area contributed by atoms with E-state index in [1.54, 1.807) is 0 Å². The first kappa shape index (κ1) is 18.1. The zero-order valence-corrected chi connectivity index (χ0v) is 13.7. The number of methoxy groups -OCH3 is 2. The van der Waals surface area contributed by atoms with Gasteiger partial charge in [0.15, 0.2) is 5.78 Å². The number of Topliss-reactive ketones (excluding diaryl/α,β-unsaturated/α-hetero) is 1. The molecule has 0 fully saturated rings. The maximum atomic E-state index is 12.5. The van der Waals surface area contributed by atoms with Gasteiger partial charge in [-0.2, -0.15) is 8.42 Å². The average molecular weight is 356 g/mol. The van der Waals surface area contributed by atoms with Crippen LogP contribution in [0.1, 0.15) is 16.8 Å². The number of carbonyl (C=O) groups excluding carboxylic acids is 1. The Hall–Kier alpha value is -2.20. The molecule has 0 atom stereocenters. The van der Waals surface area contributed by atoms with E-state index >= 15 is 0 Å². The first-order valence-electron chi connectivity index (χ1n) is 6.71. The summed E-state index contributed by atoms with van der Waals surface area (Å²) in [6.45, 7) is 0. The molecule has 0 heterocycles. The molecule has 3 N–H and O–H groups in total. The lowest BCUT2D eigenvalue weighted by Crippen LogP contribution is -2.42. The number of ketones is 1. The zero-order chi connectivity index (χ0) is 18.1. The number of ether oxygens (including phenoxy) is 2. The number of benzene rings is 1. The number of aliphatic hydroxyl groups excluding tert-OH is 1. The number of aliphatic hydroxyl groups is 1. The smallest absolute Gasteiger partial charge is 0.296 e. The van der Waals surface area contributed by atoms with Gasteiger partial charge in [0.2, 0.25) is 5.79 Å². The van der Waals surface area contributed by atoms with Crippen molar-refractivity contribution in [1.29, 1.82) is 0 Å². The molecule has 0 saturated heterocycles. The molecule has 1 aliphatic rings. The van der Waals surface area contributed by atoms with Crippen molar-refractivity contribution in [2.45, 2.75) is 12.2 Å². The molecule has 0 unspecified atom stereocenters. The normalized spacial score (nSPS) is 17.5. The summed E-state index contributed by atoms with van der Waals surface area (Å²) in [5, 5.41) is 19.9. The molecule has 130 valence electrons. The van der Waals surface area contributed by atoms with Crippen LogP contribution in [0.15, 0.2) is 46.6 Å². The Bertz CT molecular complexity index is 831. The molecule has 0 amide bonds. The van der Waals surface area contributed by atoms with Crippen LogP contribution in [0.5, 0.6) is 5.75 Å². The van der Waals surface area contributed by atoms with E-state index in [1.807, 2.05) is 0 Å². The fourth-order valence-electron chi connectivity index (χ4n) is 2.43. The number of hydrogen-bond donors (Lipinski definition) is 3. The van der Waals surface area contributed by atoms with Crippen LogP contribution in [-0.2, 0) is 19.6 Å². The van der Waals surface area contributed by atoms with Crippen LogP contribution in [-0.4, -0.2) is 49.0 Å². The van der Waals surface area contributed by atoms with Gasteiger partial charge in [-0.15, -0.1) is 0 Å². The van der Waals surface area contributed by atoms with E-state index < -0.39 is 44.3 Å². The van der Waals surface area contributed by atoms with Crippen LogP contribution in [0.3, 0.4) is 0 Å². The van der Waals surface area contributed by atoms with Gasteiger partial charge in [-0.1, -0.05) is 12.1 Å². The van der Waals surface area contributed by atoms with Crippen LogP contribution in [0.4, 0.5) is 0 Å². The van der Waals surface area contributed by atoms with Gasteiger partial charge in [0.25, 0.3) is 10.1 Å². The highest BCUT2D eigenvalue weighted by molar-refractivity contribution is 7.89. The molecule has 0 bridgehead atoms. The highest BCUT2D eigenvalue weighted by Crippen LogP contribution is 2.39. The third-order valence-electron chi connectivity index (χ3n) is 3.69. The molecule has 0 saturated carbocycles. The second-order valence-corrected chi connectivity index (χ2v) is 6.42. The van der Waals surface area contributed by atoms with Crippen LogP contribution in [0, 0.1) is 0 Å². The zero-order valence-electron chi connectivity index (χ0n) is 12.9. The van der Waals surface area contributed by atoms with E-state index in [4.69, 9.17) is 9.47 Å². The Kier molecular flexibility index (Phi) is 4.81.